The van der Waals surface area contributed by atoms with Crippen LogP contribution in [0, 0.1) is 5.92 Å². The van der Waals surface area contributed by atoms with Crippen molar-refractivity contribution in [3.05, 3.63) is 16.4 Å². The third kappa shape index (κ3) is 1.64. The van der Waals surface area contributed by atoms with E-state index in [1.165, 1.54) is 25.0 Å². The van der Waals surface area contributed by atoms with Crippen molar-refractivity contribution in [2.45, 2.75) is 19.3 Å². The highest BCUT2D eigenvalue weighted by Crippen LogP contribution is 2.32. The lowest BCUT2D eigenvalue weighted by Crippen LogP contribution is -1.98. The average Bonchev–Trinajstić information content (AvgIpc) is 2.64. The van der Waals surface area contributed by atoms with E-state index in [0.717, 1.165) is 10.5 Å². The van der Waals surface area contributed by atoms with Crippen LogP contribution in [0.15, 0.2) is 10.7 Å². The van der Waals surface area contributed by atoms with Crippen LogP contribution >= 0.6 is 15.9 Å². The normalized spacial score (nSPS) is 17.3. The van der Waals surface area contributed by atoms with E-state index in [1.54, 1.807) is 0 Å². The van der Waals surface area contributed by atoms with Crippen LogP contribution in [0.2, 0.25) is 0 Å². The first-order chi connectivity index (χ1) is 5.25. The number of nitrogens with zero attached hydrogens (tertiary/aromatic N) is 2. The first-order valence-electron chi connectivity index (χ1n) is 3.94. The number of hydrogen-bond acceptors (Lipinski definition) is 1. The van der Waals surface area contributed by atoms with E-state index in [0.29, 0.717) is 0 Å². The molecule has 0 N–H and O–H groups in total. The van der Waals surface area contributed by atoms with Crippen LogP contribution in [0.3, 0.4) is 0 Å². The van der Waals surface area contributed by atoms with Crippen molar-refractivity contribution in [2.75, 3.05) is 0 Å². The third-order valence-electron chi connectivity index (χ3n) is 2.14. The van der Waals surface area contributed by atoms with Gasteiger partial charge in [0.05, 0.1) is 0 Å². The largest absolute Gasteiger partial charge is 0.272 e. The quantitative estimate of drug-likeness (QED) is 0.738. The minimum Gasteiger partial charge on any atom is -0.272 e. The minimum absolute atomic E-state index is 0.942. The zero-order valence-corrected chi connectivity index (χ0v) is 8.13. The Bertz CT molecular complexity index is 263. The minimum atomic E-state index is 0.942. The van der Waals surface area contributed by atoms with Gasteiger partial charge in [-0.3, -0.25) is 4.68 Å². The molecule has 0 spiro atoms. The highest BCUT2D eigenvalue weighted by Gasteiger charge is 2.22. The number of hydrogen-bond donors (Lipinski definition) is 0. The number of halogens is 1. The summed E-state index contributed by atoms with van der Waals surface area (Å²) < 4.78 is 2.92. The van der Waals surface area contributed by atoms with Crippen molar-refractivity contribution in [1.29, 1.82) is 0 Å². The molecule has 1 aliphatic carbocycles. The van der Waals surface area contributed by atoms with Crippen LogP contribution in [0.5, 0.6) is 0 Å². The molecule has 1 aromatic rings. The van der Waals surface area contributed by atoms with Crippen molar-refractivity contribution in [1.82, 2.24) is 9.78 Å². The highest BCUT2D eigenvalue weighted by atomic mass is 79.9. The SMILES string of the molecule is Cn1nc(Br)cc1CC1CC1. The summed E-state index contributed by atoms with van der Waals surface area (Å²) in [7, 11) is 2.00. The van der Waals surface area contributed by atoms with E-state index in [1.807, 2.05) is 11.7 Å². The second-order valence-electron chi connectivity index (χ2n) is 3.23. The Kier molecular flexibility index (Phi) is 1.75. The summed E-state index contributed by atoms with van der Waals surface area (Å²) >= 11 is 3.36. The summed E-state index contributed by atoms with van der Waals surface area (Å²) in [5, 5.41) is 4.23. The molecule has 1 aliphatic rings. The average molecular weight is 215 g/mol. The summed E-state index contributed by atoms with van der Waals surface area (Å²) in [4.78, 5) is 0. The van der Waals surface area contributed by atoms with Crippen molar-refractivity contribution < 1.29 is 0 Å². The van der Waals surface area contributed by atoms with Crippen LogP contribution in [-0.4, -0.2) is 9.78 Å². The molecule has 11 heavy (non-hydrogen) atoms. The van der Waals surface area contributed by atoms with Crippen molar-refractivity contribution >= 4 is 15.9 Å². The topological polar surface area (TPSA) is 17.8 Å². The summed E-state index contributed by atoms with van der Waals surface area (Å²) in [6.45, 7) is 0. The Morgan fingerprint density at radius 3 is 2.91 bits per heavy atom. The van der Waals surface area contributed by atoms with E-state index in [2.05, 4.69) is 27.1 Å². The van der Waals surface area contributed by atoms with Gasteiger partial charge < -0.3 is 0 Å². The van der Waals surface area contributed by atoms with E-state index in [9.17, 15) is 0 Å². The lowest BCUT2D eigenvalue weighted by molar-refractivity contribution is 0.674. The molecule has 3 heteroatoms. The molecule has 60 valence electrons. The lowest BCUT2D eigenvalue weighted by atomic mass is 10.2. The highest BCUT2D eigenvalue weighted by molar-refractivity contribution is 9.10. The molecule has 0 bridgehead atoms. The van der Waals surface area contributed by atoms with E-state index in [-0.39, 0.29) is 0 Å². The van der Waals surface area contributed by atoms with Gasteiger partial charge in [0.2, 0.25) is 0 Å². The molecule has 1 heterocycles. The van der Waals surface area contributed by atoms with Crippen molar-refractivity contribution in [3.8, 4) is 0 Å². The second-order valence-corrected chi connectivity index (χ2v) is 4.04. The van der Waals surface area contributed by atoms with Gasteiger partial charge in [-0.1, -0.05) is 0 Å². The van der Waals surface area contributed by atoms with E-state index in [4.69, 9.17) is 0 Å². The molecule has 2 nitrogen and oxygen atoms in total. The Balaban J connectivity index is 2.14. The predicted molar refractivity (Wildman–Crippen MR) is 47.3 cm³/mol. The Morgan fingerprint density at radius 1 is 1.73 bits per heavy atom. The molecule has 0 amide bonds. The maximum atomic E-state index is 4.23. The number of rotatable bonds is 2. The van der Waals surface area contributed by atoms with E-state index >= 15 is 0 Å². The van der Waals surface area contributed by atoms with Gasteiger partial charge in [-0.25, -0.2) is 0 Å². The zero-order valence-electron chi connectivity index (χ0n) is 6.55. The van der Waals surface area contributed by atoms with Crippen LogP contribution in [0.1, 0.15) is 18.5 Å². The predicted octanol–water partition coefficient (Wildman–Crippen LogP) is 2.14. The standard InChI is InChI=1S/C8H11BrN2/c1-11-7(4-6-2-3-6)5-8(9)10-11/h5-6H,2-4H2,1H3. The van der Waals surface area contributed by atoms with Gasteiger partial charge in [0.15, 0.2) is 0 Å². The molecule has 0 saturated heterocycles. The summed E-state index contributed by atoms with van der Waals surface area (Å²) in [5.41, 5.74) is 1.35. The number of aryl methyl sites for hydroxylation is 1. The molecule has 1 fully saturated rings. The monoisotopic (exact) mass is 214 g/mol. The molecule has 0 aliphatic heterocycles. The van der Waals surface area contributed by atoms with Gasteiger partial charge >= 0.3 is 0 Å². The fourth-order valence-corrected chi connectivity index (χ4v) is 1.78. The van der Waals surface area contributed by atoms with Crippen molar-refractivity contribution in [3.63, 3.8) is 0 Å². The molecule has 0 atom stereocenters. The van der Waals surface area contributed by atoms with Crippen molar-refractivity contribution in [2.24, 2.45) is 13.0 Å². The number of aromatic nitrogens is 2. The molecular weight excluding hydrogens is 204 g/mol. The lowest BCUT2D eigenvalue weighted by Gasteiger charge is -1.97. The Labute approximate surface area is 74.7 Å². The third-order valence-corrected chi connectivity index (χ3v) is 2.53. The summed E-state index contributed by atoms with van der Waals surface area (Å²) in [6, 6.07) is 2.11. The fraction of sp³-hybridized carbons (Fsp3) is 0.625. The molecule has 2 rings (SSSR count). The van der Waals surface area contributed by atoms with Crippen LogP contribution in [0.4, 0.5) is 0 Å². The van der Waals surface area contributed by atoms with Crippen LogP contribution in [0.25, 0.3) is 0 Å². The van der Waals surface area contributed by atoms with Gasteiger partial charge in [0.1, 0.15) is 4.60 Å². The van der Waals surface area contributed by atoms with Gasteiger partial charge in [-0.15, -0.1) is 0 Å². The van der Waals surface area contributed by atoms with Gasteiger partial charge in [-0.05, 0) is 47.2 Å². The summed E-state index contributed by atoms with van der Waals surface area (Å²) in [6.07, 6.45) is 4.01. The van der Waals surface area contributed by atoms with Gasteiger partial charge in [-0.2, -0.15) is 5.10 Å². The molecule has 0 unspecified atom stereocenters. The first kappa shape index (κ1) is 7.35. The molecule has 0 radical (unpaired) electrons. The Morgan fingerprint density at radius 2 is 2.45 bits per heavy atom. The van der Waals surface area contributed by atoms with Gasteiger partial charge in [0, 0.05) is 12.7 Å². The first-order valence-corrected chi connectivity index (χ1v) is 4.73. The van der Waals surface area contributed by atoms with Gasteiger partial charge in [0.25, 0.3) is 0 Å². The zero-order chi connectivity index (χ0) is 7.84. The molecule has 0 aromatic carbocycles. The van der Waals surface area contributed by atoms with E-state index < -0.39 is 0 Å². The maximum absolute atomic E-state index is 4.23. The smallest absolute Gasteiger partial charge is 0.128 e. The molecular formula is C8H11BrN2. The summed E-state index contributed by atoms with van der Waals surface area (Å²) in [5.74, 6) is 0.942. The van der Waals surface area contributed by atoms with Crippen LogP contribution < -0.4 is 0 Å². The molecule has 1 aromatic heterocycles. The molecule has 1 saturated carbocycles. The Hall–Kier alpha value is -0.310. The van der Waals surface area contributed by atoms with Crippen LogP contribution in [-0.2, 0) is 13.5 Å². The fourth-order valence-electron chi connectivity index (χ4n) is 1.28. The maximum Gasteiger partial charge on any atom is 0.128 e. The second kappa shape index (κ2) is 2.63.